The number of rotatable bonds is 6. The van der Waals surface area contributed by atoms with Crippen molar-refractivity contribution in [1.82, 2.24) is 5.32 Å². The number of nitrogens with one attached hydrogen (secondary N) is 1. The number of ether oxygens (including phenoxy) is 1. The number of esters is 1. The molecule has 1 unspecified atom stereocenters. The lowest BCUT2D eigenvalue weighted by Crippen LogP contribution is -2.21. The number of hydrogen-bond acceptors (Lipinski definition) is 3. The Morgan fingerprint density at radius 2 is 2.06 bits per heavy atom. The Morgan fingerprint density at radius 3 is 2.53 bits per heavy atom. The van der Waals surface area contributed by atoms with E-state index >= 15 is 0 Å². The van der Waals surface area contributed by atoms with Gasteiger partial charge in [0.15, 0.2) is 0 Å². The van der Waals surface area contributed by atoms with Gasteiger partial charge in [-0.2, -0.15) is 0 Å². The molecular weight excluding hydrogens is 218 g/mol. The normalized spacial score (nSPS) is 13.5. The first-order chi connectivity index (χ1) is 7.99. The van der Waals surface area contributed by atoms with Crippen molar-refractivity contribution >= 4 is 11.9 Å². The van der Waals surface area contributed by atoms with Gasteiger partial charge < -0.3 is 10.1 Å². The van der Waals surface area contributed by atoms with E-state index < -0.39 is 5.97 Å². The molecule has 0 fully saturated rings. The monoisotopic (exact) mass is 239 g/mol. The lowest BCUT2D eigenvalue weighted by molar-refractivity contribution is -0.137. The molecule has 0 aliphatic heterocycles. The van der Waals surface area contributed by atoms with Gasteiger partial charge in [0.1, 0.15) is 0 Å². The zero-order valence-corrected chi connectivity index (χ0v) is 10.9. The Labute approximate surface area is 103 Å². The summed E-state index contributed by atoms with van der Waals surface area (Å²) in [7, 11) is 0. The van der Waals surface area contributed by atoms with E-state index in [1.54, 1.807) is 6.92 Å². The van der Waals surface area contributed by atoms with E-state index in [2.05, 4.69) is 5.32 Å². The molecule has 17 heavy (non-hydrogen) atoms. The third-order valence-corrected chi connectivity index (χ3v) is 1.98. The lowest BCUT2D eigenvalue weighted by atomic mass is 10.0. The summed E-state index contributed by atoms with van der Waals surface area (Å²) in [5, 5.41) is 2.65. The third-order valence-electron chi connectivity index (χ3n) is 1.98. The fourth-order valence-electron chi connectivity index (χ4n) is 1.44. The minimum absolute atomic E-state index is 0.187. The van der Waals surface area contributed by atoms with Crippen molar-refractivity contribution in [2.45, 2.75) is 34.1 Å². The van der Waals surface area contributed by atoms with Gasteiger partial charge in [-0.15, -0.1) is 0 Å². The number of amides is 1. The quantitative estimate of drug-likeness (QED) is 0.439. The van der Waals surface area contributed by atoms with Crippen LogP contribution in [0.1, 0.15) is 34.1 Å². The van der Waals surface area contributed by atoms with E-state index in [0.29, 0.717) is 18.7 Å². The fraction of sp³-hybridized carbons (Fsp3) is 0.538. The van der Waals surface area contributed by atoms with Gasteiger partial charge in [-0.1, -0.05) is 19.1 Å². The van der Waals surface area contributed by atoms with Crippen molar-refractivity contribution in [2.75, 3.05) is 6.61 Å². The van der Waals surface area contributed by atoms with Gasteiger partial charge in [0, 0.05) is 18.7 Å². The summed E-state index contributed by atoms with van der Waals surface area (Å²) in [4.78, 5) is 22.3. The van der Waals surface area contributed by atoms with Crippen molar-refractivity contribution in [1.29, 1.82) is 0 Å². The summed E-state index contributed by atoms with van der Waals surface area (Å²) in [6.45, 7) is 7.43. The van der Waals surface area contributed by atoms with E-state index in [1.807, 2.05) is 26.0 Å². The van der Waals surface area contributed by atoms with Gasteiger partial charge in [-0.3, -0.25) is 4.79 Å². The molecule has 0 aromatic carbocycles. The second kappa shape index (κ2) is 8.56. The summed E-state index contributed by atoms with van der Waals surface area (Å²) < 4.78 is 4.81. The average molecular weight is 239 g/mol. The third kappa shape index (κ3) is 8.25. The highest BCUT2D eigenvalue weighted by Gasteiger charge is 2.07. The van der Waals surface area contributed by atoms with Crippen LogP contribution in [-0.2, 0) is 14.3 Å². The molecule has 0 saturated carbocycles. The fourth-order valence-corrected chi connectivity index (χ4v) is 1.44. The lowest BCUT2D eigenvalue weighted by Gasteiger charge is -2.11. The molecule has 1 amide bonds. The SMILES string of the molecule is C/C=C/C(C)C/C(=C/C(=O)OCC)NC(C)=O. The van der Waals surface area contributed by atoms with Gasteiger partial charge in [0.25, 0.3) is 0 Å². The first-order valence-electron chi connectivity index (χ1n) is 5.77. The van der Waals surface area contributed by atoms with Gasteiger partial charge >= 0.3 is 5.97 Å². The number of carbonyl (C=O) groups excluding carboxylic acids is 2. The van der Waals surface area contributed by atoms with Crippen molar-refractivity contribution in [3.63, 3.8) is 0 Å². The topological polar surface area (TPSA) is 55.4 Å². The van der Waals surface area contributed by atoms with Crippen LogP contribution in [0, 0.1) is 5.92 Å². The molecule has 0 aromatic heterocycles. The standard InChI is InChI=1S/C13H21NO3/c1-5-7-10(3)8-12(14-11(4)15)9-13(16)17-6-2/h5,7,9-10H,6,8H2,1-4H3,(H,14,15)/b7-5+,12-9-. The molecule has 0 heterocycles. The van der Waals surface area contributed by atoms with E-state index in [-0.39, 0.29) is 11.8 Å². The van der Waals surface area contributed by atoms with Gasteiger partial charge in [-0.05, 0) is 26.2 Å². The van der Waals surface area contributed by atoms with Crippen LogP contribution in [0.2, 0.25) is 0 Å². The van der Waals surface area contributed by atoms with Crippen molar-refractivity contribution in [3.8, 4) is 0 Å². The predicted octanol–water partition coefficient (Wildman–Crippen LogP) is 2.17. The predicted molar refractivity (Wildman–Crippen MR) is 67.1 cm³/mol. The molecule has 0 aliphatic carbocycles. The van der Waals surface area contributed by atoms with Gasteiger partial charge in [0.05, 0.1) is 6.61 Å². The van der Waals surface area contributed by atoms with Crippen LogP contribution in [0.4, 0.5) is 0 Å². The maximum absolute atomic E-state index is 11.3. The first-order valence-corrected chi connectivity index (χ1v) is 5.77. The van der Waals surface area contributed by atoms with E-state index in [1.165, 1.54) is 13.0 Å². The van der Waals surface area contributed by atoms with Crippen molar-refractivity contribution in [2.24, 2.45) is 5.92 Å². The molecule has 4 nitrogen and oxygen atoms in total. The van der Waals surface area contributed by atoms with Crippen LogP contribution >= 0.6 is 0 Å². The molecule has 0 aromatic rings. The highest BCUT2D eigenvalue weighted by atomic mass is 16.5. The van der Waals surface area contributed by atoms with Crippen molar-refractivity contribution < 1.29 is 14.3 Å². The molecule has 0 spiro atoms. The van der Waals surface area contributed by atoms with Gasteiger partial charge in [0.2, 0.25) is 5.91 Å². The Morgan fingerprint density at radius 1 is 1.41 bits per heavy atom. The van der Waals surface area contributed by atoms with E-state index in [0.717, 1.165) is 0 Å². The van der Waals surface area contributed by atoms with Crippen LogP contribution in [0.5, 0.6) is 0 Å². The zero-order chi connectivity index (χ0) is 13.3. The maximum Gasteiger partial charge on any atom is 0.332 e. The summed E-state index contributed by atoms with van der Waals surface area (Å²) in [5.74, 6) is -0.357. The second-order valence-corrected chi connectivity index (χ2v) is 3.81. The molecule has 0 aliphatic rings. The number of carbonyl (C=O) groups is 2. The minimum atomic E-state index is -0.427. The van der Waals surface area contributed by atoms with Crippen LogP contribution in [-0.4, -0.2) is 18.5 Å². The molecule has 1 N–H and O–H groups in total. The van der Waals surface area contributed by atoms with Crippen LogP contribution in [0.3, 0.4) is 0 Å². The zero-order valence-electron chi connectivity index (χ0n) is 10.9. The molecule has 0 bridgehead atoms. The number of allylic oxidation sites excluding steroid dienone is 3. The summed E-state index contributed by atoms with van der Waals surface area (Å²) >= 11 is 0. The highest BCUT2D eigenvalue weighted by Crippen LogP contribution is 2.10. The van der Waals surface area contributed by atoms with Crippen LogP contribution in [0.25, 0.3) is 0 Å². The Bertz CT molecular complexity index is 319. The van der Waals surface area contributed by atoms with E-state index in [9.17, 15) is 9.59 Å². The maximum atomic E-state index is 11.3. The summed E-state index contributed by atoms with van der Waals surface area (Å²) in [6, 6.07) is 0. The highest BCUT2D eigenvalue weighted by molar-refractivity contribution is 5.84. The minimum Gasteiger partial charge on any atom is -0.463 e. The molecule has 4 heteroatoms. The van der Waals surface area contributed by atoms with Crippen LogP contribution in [0.15, 0.2) is 23.9 Å². The van der Waals surface area contributed by atoms with Crippen LogP contribution < -0.4 is 5.32 Å². The average Bonchev–Trinajstić information content (AvgIpc) is 2.16. The second-order valence-electron chi connectivity index (χ2n) is 3.81. The molecule has 0 rings (SSSR count). The molecular formula is C13H21NO3. The smallest absolute Gasteiger partial charge is 0.332 e. The Kier molecular flexibility index (Phi) is 7.76. The Hall–Kier alpha value is -1.58. The number of hydrogen-bond donors (Lipinski definition) is 1. The molecule has 0 radical (unpaired) electrons. The summed E-state index contributed by atoms with van der Waals surface area (Å²) in [5.41, 5.74) is 0.585. The Balaban J connectivity index is 4.62. The van der Waals surface area contributed by atoms with E-state index in [4.69, 9.17) is 4.74 Å². The van der Waals surface area contributed by atoms with Gasteiger partial charge in [-0.25, -0.2) is 4.79 Å². The largest absolute Gasteiger partial charge is 0.463 e. The summed E-state index contributed by atoms with van der Waals surface area (Å²) in [6.07, 6.45) is 5.90. The molecule has 1 atom stereocenters. The molecule has 0 saturated heterocycles. The first kappa shape index (κ1) is 15.4. The van der Waals surface area contributed by atoms with Crippen molar-refractivity contribution in [3.05, 3.63) is 23.9 Å². The molecule has 96 valence electrons.